The number of anilines is 1. The fourth-order valence-corrected chi connectivity index (χ4v) is 2.26. The van der Waals surface area contributed by atoms with Crippen LogP contribution in [0.5, 0.6) is 0 Å². The van der Waals surface area contributed by atoms with Crippen LogP contribution in [-0.2, 0) is 6.54 Å². The highest BCUT2D eigenvalue weighted by Crippen LogP contribution is 2.26. The molecule has 1 N–H and O–H groups in total. The van der Waals surface area contributed by atoms with Crippen LogP contribution in [0.3, 0.4) is 0 Å². The molecule has 1 atom stereocenters. The monoisotopic (exact) mass is 270 g/mol. The van der Waals surface area contributed by atoms with Crippen molar-refractivity contribution in [2.24, 2.45) is 0 Å². The first kappa shape index (κ1) is 14.5. The van der Waals surface area contributed by atoms with Gasteiger partial charge in [-0.3, -0.25) is 0 Å². The van der Waals surface area contributed by atoms with Crippen LogP contribution in [0.1, 0.15) is 38.0 Å². The molecule has 0 saturated carbocycles. The molecule has 0 saturated heterocycles. The van der Waals surface area contributed by atoms with Crippen LogP contribution in [0.2, 0.25) is 0 Å². The number of aliphatic hydroxyl groups excluding tert-OH is 1. The van der Waals surface area contributed by atoms with Gasteiger partial charge in [0, 0.05) is 24.3 Å². The molecule has 0 aliphatic rings. The third-order valence-electron chi connectivity index (χ3n) is 3.36. The van der Waals surface area contributed by atoms with Gasteiger partial charge in [0.05, 0.1) is 6.10 Å². The second kappa shape index (κ2) is 6.53. The van der Waals surface area contributed by atoms with Crippen LogP contribution in [0.4, 0.5) is 5.82 Å². The number of aliphatic hydroxyl groups is 1. The highest BCUT2D eigenvalue weighted by atomic mass is 16.3. The smallest absolute Gasteiger partial charge is 0.134 e. The first-order valence-corrected chi connectivity index (χ1v) is 7.03. The number of benzene rings is 1. The number of rotatable bonds is 5. The van der Waals surface area contributed by atoms with E-state index in [1.807, 2.05) is 30.3 Å². The summed E-state index contributed by atoms with van der Waals surface area (Å²) in [5.41, 5.74) is 2.11. The minimum absolute atomic E-state index is 0.308. The molecule has 3 nitrogen and oxygen atoms in total. The van der Waals surface area contributed by atoms with Gasteiger partial charge in [0.1, 0.15) is 5.82 Å². The Morgan fingerprint density at radius 2 is 1.75 bits per heavy atom. The summed E-state index contributed by atoms with van der Waals surface area (Å²) < 4.78 is 0. The van der Waals surface area contributed by atoms with Gasteiger partial charge >= 0.3 is 0 Å². The van der Waals surface area contributed by atoms with Gasteiger partial charge in [0.15, 0.2) is 0 Å². The van der Waals surface area contributed by atoms with Crippen molar-refractivity contribution in [2.45, 2.75) is 39.5 Å². The van der Waals surface area contributed by atoms with E-state index < -0.39 is 6.10 Å². The third-order valence-corrected chi connectivity index (χ3v) is 3.36. The quantitative estimate of drug-likeness (QED) is 0.902. The van der Waals surface area contributed by atoms with Gasteiger partial charge in [0.25, 0.3) is 0 Å². The van der Waals surface area contributed by atoms with Gasteiger partial charge in [-0.1, -0.05) is 36.4 Å². The zero-order valence-corrected chi connectivity index (χ0v) is 12.3. The SMILES string of the molecule is CC(C)N(Cc1ccccc1)c1ncccc1[C@H](C)O. The summed E-state index contributed by atoms with van der Waals surface area (Å²) in [4.78, 5) is 6.70. The molecule has 2 aromatic rings. The van der Waals surface area contributed by atoms with Gasteiger partial charge in [-0.15, -0.1) is 0 Å². The molecule has 20 heavy (non-hydrogen) atoms. The standard InChI is InChI=1S/C17H22N2O/c1-13(2)19(12-15-8-5-4-6-9-15)17-16(14(3)20)10-7-11-18-17/h4-11,13-14,20H,12H2,1-3H3/t14-/m0/s1. The predicted molar refractivity (Wildman–Crippen MR) is 82.6 cm³/mol. The summed E-state index contributed by atoms with van der Waals surface area (Å²) in [6, 6.07) is 14.4. The largest absolute Gasteiger partial charge is 0.389 e. The lowest BCUT2D eigenvalue weighted by atomic mass is 10.1. The van der Waals surface area contributed by atoms with Crippen molar-refractivity contribution in [3.8, 4) is 0 Å². The fourth-order valence-electron chi connectivity index (χ4n) is 2.26. The minimum Gasteiger partial charge on any atom is -0.389 e. The van der Waals surface area contributed by atoms with Crippen molar-refractivity contribution < 1.29 is 5.11 Å². The van der Waals surface area contributed by atoms with Crippen LogP contribution in [0.15, 0.2) is 48.7 Å². The van der Waals surface area contributed by atoms with Gasteiger partial charge in [-0.2, -0.15) is 0 Å². The van der Waals surface area contributed by atoms with Gasteiger partial charge < -0.3 is 10.0 Å². The number of nitrogens with zero attached hydrogens (tertiary/aromatic N) is 2. The lowest BCUT2D eigenvalue weighted by Gasteiger charge is -2.30. The predicted octanol–water partition coefficient (Wildman–Crippen LogP) is 3.55. The summed E-state index contributed by atoms with van der Waals surface area (Å²) in [7, 11) is 0. The highest BCUT2D eigenvalue weighted by molar-refractivity contribution is 5.49. The Bertz CT molecular complexity index is 538. The molecule has 0 amide bonds. The van der Waals surface area contributed by atoms with E-state index in [0.717, 1.165) is 17.9 Å². The maximum absolute atomic E-state index is 9.93. The summed E-state index contributed by atoms with van der Waals surface area (Å²) in [6.07, 6.45) is 1.26. The van der Waals surface area contributed by atoms with E-state index in [0.29, 0.717) is 6.04 Å². The van der Waals surface area contributed by atoms with Crippen LogP contribution < -0.4 is 4.90 Å². The van der Waals surface area contributed by atoms with Crippen molar-refractivity contribution in [3.63, 3.8) is 0 Å². The van der Waals surface area contributed by atoms with E-state index in [1.54, 1.807) is 13.1 Å². The lowest BCUT2D eigenvalue weighted by molar-refractivity contribution is 0.199. The maximum atomic E-state index is 9.93. The van der Waals surface area contributed by atoms with Crippen molar-refractivity contribution >= 4 is 5.82 Å². The zero-order chi connectivity index (χ0) is 14.5. The van der Waals surface area contributed by atoms with Gasteiger partial charge in [-0.05, 0) is 32.4 Å². The average molecular weight is 270 g/mol. The van der Waals surface area contributed by atoms with Crippen LogP contribution in [0.25, 0.3) is 0 Å². The summed E-state index contributed by atoms with van der Waals surface area (Å²) >= 11 is 0. The molecule has 0 fully saturated rings. The van der Waals surface area contributed by atoms with E-state index in [-0.39, 0.29) is 0 Å². The second-order valence-corrected chi connectivity index (χ2v) is 5.30. The van der Waals surface area contributed by atoms with E-state index in [1.165, 1.54) is 5.56 Å². The molecule has 0 unspecified atom stereocenters. The van der Waals surface area contributed by atoms with E-state index in [9.17, 15) is 5.11 Å². The molecule has 1 heterocycles. The van der Waals surface area contributed by atoms with Crippen LogP contribution >= 0.6 is 0 Å². The molecule has 2 rings (SSSR count). The summed E-state index contributed by atoms with van der Waals surface area (Å²) in [5.74, 6) is 0.862. The summed E-state index contributed by atoms with van der Waals surface area (Å²) in [5, 5.41) is 9.93. The minimum atomic E-state index is -0.518. The van der Waals surface area contributed by atoms with Gasteiger partial charge in [0.2, 0.25) is 0 Å². The molecule has 1 aromatic heterocycles. The van der Waals surface area contributed by atoms with E-state index in [4.69, 9.17) is 0 Å². The Labute approximate surface area is 120 Å². The Hall–Kier alpha value is -1.87. The fraction of sp³-hybridized carbons (Fsp3) is 0.353. The van der Waals surface area contributed by atoms with E-state index >= 15 is 0 Å². The Morgan fingerprint density at radius 1 is 1.05 bits per heavy atom. The Kier molecular flexibility index (Phi) is 4.74. The van der Waals surface area contributed by atoms with Gasteiger partial charge in [-0.25, -0.2) is 4.98 Å². The zero-order valence-electron chi connectivity index (χ0n) is 12.3. The second-order valence-electron chi connectivity index (χ2n) is 5.30. The van der Waals surface area contributed by atoms with Crippen molar-refractivity contribution in [1.29, 1.82) is 0 Å². The molecular weight excluding hydrogens is 248 g/mol. The normalized spacial score (nSPS) is 12.4. The molecular formula is C17H22N2O. The molecule has 0 spiro atoms. The van der Waals surface area contributed by atoms with Crippen LogP contribution in [0, 0.1) is 0 Å². The average Bonchev–Trinajstić information content (AvgIpc) is 2.45. The molecule has 106 valence electrons. The molecule has 3 heteroatoms. The number of aromatic nitrogens is 1. The first-order valence-electron chi connectivity index (χ1n) is 7.03. The topological polar surface area (TPSA) is 36.4 Å². The van der Waals surface area contributed by atoms with Crippen molar-refractivity contribution in [2.75, 3.05) is 4.90 Å². The number of pyridine rings is 1. The molecule has 0 bridgehead atoms. The molecule has 0 aliphatic carbocycles. The van der Waals surface area contributed by atoms with E-state index in [2.05, 4.69) is 35.9 Å². The molecule has 0 aliphatic heterocycles. The summed E-state index contributed by atoms with van der Waals surface area (Å²) in [6.45, 7) is 6.85. The molecule has 1 aromatic carbocycles. The van der Waals surface area contributed by atoms with Crippen LogP contribution in [-0.4, -0.2) is 16.1 Å². The highest BCUT2D eigenvalue weighted by Gasteiger charge is 2.18. The number of hydrogen-bond acceptors (Lipinski definition) is 3. The molecule has 0 radical (unpaired) electrons. The maximum Gasteiger partial charge on any atom is 0.134 e. The Balaban J connectivity index is 2.34. The Morgan fingerprint density at radius 3 is 2.35 bits per heavy atom. The number of hydrogen-bond donors (Lipinski definition) is 1. The lowest BCUT2D eigenvalue weighted by Crippen LogP contribution is -2.32. The first-order chi connectivity index (χ1) is 9.59. The van der Waals surface area contributed by atoms with Crippen molar-refractivity contribution in [3.05, 3.63) is 59.8 Å². The van der Waals surface area contributed by atoms with Crippen molar-refractivity contribution in [1.82, 2.24) is 4.98 Å². The third kappa shape index (κ3) is 3.36.